The lowest BCUT2D eigenvalue weighted by atomic mass is 10.3. The maximum absolute atomic E-state index is 11.6. The van der Waals surface area contributed by atoms with Crippen molar-refractivity contribution in [3.05, 3.63) is 40.0 Å². The minimum atomic E-state index is -0.355. The third-order valence-electron chi connectivity index (χ3n) is 2.10. The highest BCUT2D eigenvalue weighted by Crippen LogP contribution is 2.17. The zero-order valence-corrected chi connectivity index (χ0v) is 11.3. The van der Waals surface area contributed by atoms with E-state index < -0.39 is 0 Å². The van der Waals surface area contributed by atoms with Gasteiger partial charge in [0.15, 0.2) is 0 Å². The van der Waals surface area contributed by atoms with E-state index in [1.54, 1.807) is 24.0 Å². The van der Waals surface area contributed by atoms with Crippen LogP contribution in [-0.2, 0) is 4.74 Å². The van der Waals surface area contributed by atoms with Gasteiger partial charge in [0.2, 0.25) is 0 Å². The number of rotatable bonds is 3. The molecule has 2 heterocycles. The van der Waals surface area contributed by atoms with E-state index in [0.717, 1.165) is 5.69 Å². The predicted octanol–water partition coefficient (Wildman–Crippen LogP) is 2.05. The molecule has 0 radical (unpaired) electrons. The second-order valence-corrected chi connectivity index (χ2v) is 4.21. The Morgan fingerprint density at radius 1 is 1.53 bits per heavy atom. The van der Waals surface area contributed by atoms with Gasteiger partial charge in [0.05, 0.1) is 24.7 Å². The van der Waals surface area contributed by atoms with Gasteiger partial charge in [0.25, 0.3) is 0 Å². The van der Waals surface area contributed by atoms with E-state index in [-0.39, 0.29) is 5.97 Å². The Balaban J connectivity index is 2.37. The Kier molecular flexibility index (Phi) is 3.72. The third-order valence-corrected chi connectivity index (χ3v) is 3.13. The molecule has 0 atom stereocenters. The molecular weight excluding hydrogens is 333 g/mol. The first kappa shape index (κ1) is 12.0. The minimum Gasteiger partial charge on any atom is -0.462 e. The van der Waals surface area contributed by atoms with Crippen LogP contribution in [0.25, 0.3) is 5.69 Å². The summed E-state index contributed by atoms with van der Waals surface area (Å²) in [7, 11) is 0. The van der Waals surface area contributed by atoms with E-state index in [0.29, 0.717) is 15.9 Å². The Bertz CT molecular complexity index is 525. The molecule has 0 unspecified atom stereocenters. The molecule has 5 nitrogen and oxygen atoms in total. The fraction of sp³-hybridized carbons (Fsp3) is 0.182. The molecule has 0 amide bonds. The quantitative estimate of drug-likeness (QED) is 0.632. The van der Waals surface area contributed by atoms with Gasteiger partial charge in [-0.1, -0.05) is 0 Å². The van der Waals surface area contributed by atoms with E-state index in [9.17, 15) is 4.79 Å². The van der Waals surface area contributed by atoms with Gasteiger partial charge in [0.1, 0.15) is 9.26 Å². The topological polar surface area (TPSA) is 57.0 Å². The highest BCUT2D eigenvalue weighted by atomic mass is 127. The molecule has 17 heavy (non-hydrogen) atoms. The molecule has 0 spiro atoms. The number of esters is 1. The van der Waals surface area contributed by atoms with Crippen LogP contribution in [0.2, 0.25) is 0 Å². The maximum atomic E-state index is 11.6. The number of pyridine rings is 1. The molecule has 0 saturated heterocycles. The van der Waals surface area contributed by atoms with Gasteiger partial charge in [-0.05, 0) is 41.6 Å². The van der Waals surface area contributed by atoms with Gasteiger partial charge < -0.3 is 4.74 Å². The summed E-state index contributed by atoms with van der Waals surface area (Å²) < 4.78 is 7.31. The van der Waals surface area contributed by atoms with Crippen LogP contribution in [0.5, 0.6) is 0 Å². The molecule has 0 aliphatic rings. The van der Waals surface area contributed by atoms with Crippen molar-refractivity contribution in [1.82, 2.24) is 14.8 Å². The number of nitrogens with zero attached hydrogens (tertiary/aromatic N) is 3. The van der Waals surface area contributed by atoms with Gasteiger partial charge in [-0.15, -0.1) is 0 Å². The summed E-state index contributed by atoms with van der Waals surface area (Å²) in [6, 6.07) is 3.69. The third kappa shape index (κ3) is 2.46. The fourth-order valence-corrected chi connectivity index (χ4v) is 2.10. The lowest BCUT2D eigenvalue weighted by Gasteiger charge is -2.03. The number of hydrogen-bond donors (Lipinski definition) is 0. The number of carbonyl (C=O) groups is 1. The molecule has 2 rings (SSSR count). The molecule has 2 aromatic rings. The highest BCUT2D eigenvalue weighted by Gasteiger charge is 2.17. The van der Waals surface area contributed by atoms with Crippen molar-refractivity contribution in [1.29, 1.82) is 0 Å². The number of carbonyl (C=O) groups excluding carboxylic acids is 1. The molecule has 2 aromatic heterocycles. The van der Waals surface area contributed by atoms with Crippen LogP contribution >= 0.6 is 22.6 Å². The lowest BCUT2D eigenvalue weighted by Crippen LogP contribution is -2.07. The summed E-state index contributed by atoms with van der Waals surface area (Å²) in [5.41, 5.74) is 1.28. The zero-order chi connectivity index (χ0) is 12.3. The van der Waals surface area contributed by atoms with Crippen molar-refractivity contribution in [3.8, 4) is 5.69 Å². The van der Waals surface area contributed by atoms with Crippen molar-refractivity contribution in [2.45, 2.75) is 6.92 Å². The molecule has 0 N–H and O–H groups in total. The van der Waals surface area contributed by atoms with Crippen molar-refractivity contribution in [2.24, 2.45) is 0 Å². The summed E-state index contributed by atoms with van der Waals surface area (Å²) >= 11 is 2.07. The van der Waals surface area contributed by atoms with Gasteiger partial charge in [-0.2, -0.15) is 5.10 Å². The Labute approximate surface area is 112 Å². The van der Waals surface area contributed by atoms with E-state index in [2.05, 4.69) is 32.7 Å². The minimum absolute atomic E-state index is 0.354. The molecule has 0 aliphatic carbocycles. The van der Waals surface area contributed by atoms with Gasteiger partial charge in [-0.3, -0.25) is 4.98 Å². The van der Waals surface area contributed by atoms with Crippen molar-refractivity contribution < 1.29 is 9.53 Å². The first-order valence-electron chi connectivity index (χ1n) is 5.05. The van der Waals surface area contributed by atoms with E-state index in [1.165, 1.54) is 6.20 Å². The fourth-order valence-electron chi connectivity index (χ4n) is 1.34. The molecule has 6 heteroatoms. The zero-order valence-electron chi connectivity index (χ0n) is 9.13. The maximum Gasteiger partial charge on any atom is 0.342 e. The van der Waals surface area contributed by atoms with Crippen LogP contribution in [0.15, 0.2) is 30.7 Å². The summed E-state index contributed by atoms with van der Waals surface area (Å²) in [5.74, 6) is -0.355. The second-order valence-electron chi connectivity index (χ2n) is 3.19. The van der Waals surface area contributed by atoms with E-state index in [4.69, 9.17) is 4.74 Å². The number of halogens is 1. The first-order chi connectivity index (χ1) is 8.24. The predicted molar refractivity (Wildman–Crippen MR) is 70.0 cm³/mol. The molecule has 0 fully saturated rings. The summed E-state index contributed by atoms with van der Waals surface area (Å²) in [5, 5.41) is 4.16. The van der Waals surface area contributed by atoms with Gasteiger partial charge >= 0.3 is 5.97 Å². The summed E-state index contributed by atoms with van der Waals surface area (Å²) in [4.78, 5) is 15.6. The van der Waals surface area contributed by atoms with E-state index >= 15 is 0 Å². The lowest BCUT2D eigenvalue weighted by molar-refractivity contribution is 0.0525. The van der Waals surface area contributed by atoms with Crippen molar-refractivity contribution in [3.63, 3.8) is 0 Å². The van der Waals surface area contributed by atoms with Crippen LogP contribution in [0.4, 0.5) is 0 Å². The van der Waals surface area contributed by atoms with Gasteiger partial charge in [-0.25, -0.2) is 9.48 Å². The first-order valence-corrected chi connectivity index (χ1v) is 6.13. The number of ether oxygens (including phenoxy) is 1. The second kappa shape index (κ2) is 5.26. The average molecular weight is 343 g/mol. The Morgan fingerprint density at radius 3 is 3.00 bits per heavy atom. The smallest absolute Gasteiger partial charge is 0.342 e. The SMILES string of the molecule is CCOC(=O)c1cnn(-c2cccnc2)c1I. The van der Waals surface area contributed by atoms with Crippen molar-refractivity contribution in [2.75, 3.05) is 6.61 Å². The average Bonchev–Trinajstić information content (AvgIpc) is 2.72. The standard InChI is InChI=1S/C11H10IN3O2/c1-2-17-11(16)9-7-14-15(10(9)12)8-4-3-5-13-6-8/h3-7H,2H2,1H3. The molecule has 0 saturated carbocycles. The summed E-state index contributed by atoms with van der Waals surface area (Å²) in [6.45, 7) is 2.13. The Hall–Kier alpha value is -1.44. The molecule has 0 aromatic carbocycles. The van der Waals surface area contributed by atoms with Gasteiger partial charge in [0, 0.05) is 6.20 Å². The monoisotopic (exact) mass is 343 g/mol. The van der Waals surface area contributed by atoms with Crippen LogP contribution in [0.3, 0.4) is 0 Å². The van der Waals surface area contributed by atoms with Crippen LogP contribution in [0, 0.1) is 3.70 Å². The molecular formula is C11H10IN3O2. The van der Waals surface area contributed by atoms with Crippen LogP contribution < -0.4 is 0 Å². The number of aromatic nitrogens is 3. The molecule has 88 valence electrons. The van der Waals surface area contributed by atoms with E-state index in [1.807, 2.05) is 12.1 Å². The number of hydrogen-bond acceptors (Lipinski definition) is 4. The largest absolute Gasteiger partial charge is 0.462 e. The molecule has 0 bridgehead atoms. The Morgan fingerprint density at radius 2 is 2.35 bits per heavy atom. The highest BCUT2D eigenvalue weighted by molar-refractivity contribution is 14.1. The van der Waals surface area contributed by atoms with Crippen molar-refractivity contribution >= 4 is 28.6 Å². The molecule has 0 aliphatic heterocycles. The summed E-state index contributed by atoms with van der Waals surface area (Å²) in [6.07, 6.45) is 4.88. The van der Waals surface area contributed by atoms with Crippen LogP contribution in [-0.4, -0.2) is 27.3 Å². The van der Waals surface area contributed by atoms with Crippen LogP contribution in [0.1, 0.15) is 17.3 Å². The normalized spacial score (nSPS) is 10.2.